The van der Waals surface area contributed by atoms with E-state index in [0.29, 0.717) is 18.4 Å². The number of halogens is 1. The summed E-state index contributed by atoms with van der Waals surface area (Å²) < 4.78 is 15.9. The Morgan fingerprint density at radius 2 is 2.05 bits per heavy atom. The van der Waals surface area contributed by atoms with Gasteiger partial charge in [0.15, 0.2) is 0 Å². The Kier molecular flexibility index (Phi) is 4.49. The van der Waals surface area contributed by atoms with Gasteiger partial charge in [0, 0.05) is 18.5 Å². The van der Waals surface area contributed by atoms with Gasteiger partial charge in [0.1, 0.15) is 18.0 Å². The summed E-state index contributed by atoms with van der Waals surface area (Å²) in [6, 6.07) is 6.68. The molecule has 2 aromatic rings. The average molecular weight is 276 g/mol. The third-order valence-corrected chi connectivity index (χ3v) is 3.65. The van der Waals surface area contributed by atoms with Crippen molar-refractivity contribution < 1.29 is 4.39 Å². The van der Waals surface area contributed by atoms with E-state index in [1.807, 2.05) is 17.7 Å². The molecule has 1 aromatic carbocycles. The highest BCUT2D eigenvalue weighted by atomic mass is 19.1. The molecule has 1 aromatic heterocycles. The number of nitrogens with zero attached hydrogens (tertiary/aromatic N) is 3. The molecule has 0 fully saturated rings. The van der Waals surface area contributed by atoms with Crippen molar-refractivity contribution in [2.75, 3.05) is 0 Å². The first-order chi connectivity index (χ1) is 9.60. The SMILES string of the molecule is CCCn1ncnc1CC(N)(CC)c1ccccc1F. The molecule has 108 valence electrons. The van der Waals surface area contributed by atoms with E-state index in [9.17, 15) is 4.39 Å². The third kappa shape index (κ3) is 2.88. The van der Waals surface area contributed by atoms with Gasteiger partial charge in [-0.2, -0.15) is 5.10 Å². The van der Waals surface area contributed by atoms with Crippen LogP contribution in [0.5, 0.6) is 0 Å². The van der Waals surface area contributed by atoms with Crippen molar-refractivity contribution >= 4 is 0 Å². The van der Waals surface area contributed by atoms with Crippen LogP contribution >= 0.6 is 0 Å². The van der Waals surface area contributed by atoms with E-state index in [-0.39, 0.29) is 5.82 Å². The van der Waals surface area contributed by atoms with Gasteiger partial charge in [0.2, 0.25) is 0 Å². The van der Waals surface area contributed by atoms with Crippen molar-refractivity contribution in [1.82, 2.24) is 14.8 Å². The molecule has 4 nitrogen and oxygen atoms in total. The van der Waals surface area contributed by atoms with Gasteiger partial charge in [-0.05, 0) is 18.9 Å². The highest BCUT2D eigenvalue weighted by molar-refractivity contribution is 5.27. The Balaban J connectivity index is 2.32. The molecule has 0 radical (unpaired) electrons. The van der Waals surface area contributed by atoms with Gasteiger partial charge in [0.25, 0.3) is 0 Å². The van der Waals surface area contributed by atoms with E-state index in [0.717, 1.165) is 18.8 Å². The van der Waals surface area contributed by atoms with Crippen LogP contribution in [0.25, 0.3) is 0 Å². The lowest BCUT2D eigenvalue weighted by Gasteiger charge is -2.28. The lowest BCUT2D eigenvalue weighted by Crippen LogP contribution is -2.40. The summed E-state index contributed by atoms with van der Waals surface area (Å²) in [7, 11) is 0. The second-order valence-electron chi connectivity index (χ2n) is 5.07. The van der Waals surface area contributed by atoms with Crippen molar-refractivity contribution in [2.24, 2.45) is 5.73 Å². The molecular weight excluding hydrogens is 255 g/mol. The number of hydrogen-bond donors (Lipinski definition) is 1. The summed E-state index contributed by atoms with van der Waals surface area (Å²) in [6.45, 7) is 4.84. The molecule has 5 heteroatoms. The minimum Gasteiger partial charge on any atom is -0.321 e. The maximum atomic E-state index is 14.0. The fraction of sp³-hybridized carbons (Fsp3) is 0.467. The molecule has 0 aliphatic carbocycles. The highest BCUT2D eigenvalue weighted by Crippen LogP contribution is 2.28. The van der Waals surface area contributed by atoms with E-state index in [2.05, 4.69) is 17.0 Å². The summed E-state index contributed by atoms with van der Waals surface area (Å²) in [5.41, 5.74) is 6.23. The van der Waals surface area contributed by atoms with Gasteiger partial charge >= 0.3 is 0 Å². The van der Waals surface area contributed by atoms with Gasteiger partial charge in [-0.15, -0.1) is 0 Å². The number of benzene rings is 1. The van der Waals surface area contributed by atoms with Crippen molar-refractivity contribution in [3.63, 3.8) is 0 Å². The quantitative estimate of drug-likeness (QED) is 0.882. The van der Waals surface area contributed by atoms with Gasteiger partial charge < -0.3 is 5.73 Å². The topological polar surface area (TPSA) is 56.7 Å². The Hall–Kier alpha value is -1.75. The molecule has 0 aliphatic rings. The van der Waals surface area contributed by atoms with E-state index in [1.54, 1.807) is 12.1 Å². The summed E-state index contributed by atoms with van der Waals surface area (Å²) in [6.07, 6.45) is 3.61. The van der Waals surface area contributed by atoms with E-state index < -0.39 is 5.54 Å². The first-order valence-corrected chi connectivity index (χ1v) is 7.01. The molecule has 2 N–H and O–H groups in total. The minimum absolute atomic E-state index is 0.265. The zero-order valence-electron chi connectivity index (χ0n) is 12.0. The average Bonchev–Trinajstić information content (AvgIpc) is 2.86. The summed E-state index contributed by atoms with van der Waals surface area (Å²) in [5, 5.41) is 4.20. The van der Waals surface area contributed by atoms with Gasteiger partial charge in [-0.25, -0.2) is 9.37 Å². The van der Waals surface area contributed by atoms with E-state index >= 15 is 0 Å². The summed E-state index contributed by atoms with van der Waals surface area (Å²) in [4.78, 5) is 4.27. The monoisotopic (exact) mass is 276 g/mol. The second kappa shape index (κ2) is 6.13. The van der Waals surface area contributed by atoms with Crippen LogP contribution in [0.3, 0.4) is 0 Å². The van der Waals surface area contributed by atoms with E-state index in [4.69, 9.17) is 5.73 Å². The van der Waals surface area contributed by atoms with Crippen LogP contribution in [0.2, 0.25) is 0 Å². The Morgan fingerprint density at radius 3 is 2.70 bits per heavy atom. The smallest absolute Gasteiger partial charge is 0.138 e. The largest absolute Gasteiger partial charge is 0.321 e. The van der Waals surface area contributed by atoms with Crippen molar-refractivity contribution in [3.8, 4) is 0 Å². The molecule has 20 heavy (non-hydrogen) atoms. The van der Waals surface area contributed by atoms with Crippen LogP contribution in [0.15, 0.2) is 30.6 Å². The van der Waals surface area contributed by atoms with Gasteiger partial charge in [-0.3, -0.25) is 4.68 Å². The van der Waals surface area contributed by atoms with Crippen LogP contribution in [-0.2, 0) is 18.5 Å². The van der Waals surface area contributed by atoms with Gasteiger partial charge in [-0.1, -0.05) is 32.0 Å². The molecule has 1 heterocycles. The fourth-order valence-electron chi connectivity index (χ4n) is 2.38. The molecule has 0 saturated carbocycles. The molecule has 0 amide bonds. The summed E-state index contributed by atoms with van der Waals surface area (Å²) in [5.74, 6) is 0.540. The van der Waals surface area contributed by atoms with Crippen molar-refractivity contribution in [2.45, 2.75) is 45.2 Å². The number of hydrogen-bond acceptors (Lipinski definition) is 3. The molecule has 1 atom stereocenters. The minimum atomic E-state index is -0.760. The van der Waals surface area contributed by atoms with Crippen LogP contribution in [-0.4, -0.2) is 14.8 Å². The molecule has 0 aliphatic heterocycles. The molecule has 0 saturated heterocycles. The molecule has 0 bridgehead atoms. The Bertz CT molecular complexity index is 567. The van der Waals surface area contributed by atoms with Crippen LogP contribution in [0, 0.1) is 5.82 Å². The zero-order chi connectivity index (χ0) is 14.6. The molecule has 2 rings (SSSR count). The third-order valence-electron chi connectivity index (χ3n) is 3.65. The zero-order valence-corrected chi connectivity index (χ0v) is 12.0. The molecule has 0 spiro atoms. The normalized spacial score (nSPS) is 14.2. The number of rotatable bonds is 6. The van der Waals surface area contributed by atoms with Crippen LogP contribution in [0.1, 0.15) is 38.1 Å². The predicted octanol–water partition coefficient (Wildman–Crippen LogP) is 2.63. The molecule has 1 unspecified atom stereocenters. The highest BCUT2D eigenvalue weighted by Gasteiger charge is 2.30. The summed E-state index contributed by atoms with van der Waals surface area (Å²) >= 11 is 0. The van der Waals surface area contributed by atoms with E-state index in [1.165, 1.54) is 12.4 Å². The predicted molar refractivity (Wildman–Crippen MR) is 76.6 cm³/mol. The Labute approximate surface area is 118 Å². The first-order valence-electron chi connectivity index (χ1n) is 7.01. The number of aryl methyl sites for hydroxylation is 1. The number of aromatic nitrogens is 3. The standard InChI is InChI=1S/C15H21FN4/c1-3-9-20-14(18-11-19-20)10-15(17,4-2)12-7-5-6-8-13(12)16/h5-8,11H,3-4,9-10,17H2,1-2H3. The van der Waals surface area contributed by atoms with Gasteiger partial charge in [0.05, 0.1) is 5.54 Å². The Morgan fingerprint density at radius 1 is 1.30 bits per heavy atom. The lowest BCUT2D eigenvalue weighted by atomic mass is 9.84. The first kappa shape index (κ1) is 14.7. The molecular formula is C15H21FN4. The van der Waals surface area contributed by atoms with Crippen LogP contribution < -0.4 is 5.73 Å². The fourth-order valence-corrected chi connectivity index (χ4v) is 2.38. The number of nitrogens with two attached hydrogens (primary N) is 1. The second-order valence-corrected chi connectivity index (χ2v) is 5.07. The maximum absolute atomic E-state index is 14.0. The maximum Gasteiger partial charge on any atom is 0.138 e. The lowest BCUT2D eigenvalue weighted by molar-refractivity contribution is 0.383. The van der Waals surface area contributed by atoms with Crippen LogP contribution in [0.4, 0.5) is 4.39 Å². The van der Waals surface area contributed by atoms with Crippen molar-refractivity contribution in [3.05, 3.63) is 47.8 Å². The van der Waals surface area contributed by atoms with Crippen molar-refractivity contribution in [1.29, 1.82) is 0 Å².